The lowest BCUT2D eigenvalue weighted by molar-refractivity contribution is 0.466. The summed E-state index contributed by atoms with van der Waals surface area (Å²) in [5, 5.41) is 0. The molecule has 7 heteroatoms. The van der Waals surface area contributed by atoms with Crippen molar-refractivity contribution in [1.29, 1.82) is 0 Å². The zero-order valence-electron chi connectivity index (χ0n) is 11.5. The standard InChI is InChI=1S/C14H16FN3O2S/c1-18(10-11-3-2-6-17-9-11)21(19,20)13-4-5-14(15)12(7-13)8-16/h2-7,9H,8,10,16H2,1H3. The van der Waals surface area contributed by atoms with Gasteiger partial charge in [-0.3, -0.25) is 4.98 Å². The molecule has 0 amide bonds. The van der Waals surface area contributed by atoms with Gasteiger partial charge in [0.15, 0.2) is 0 Å². The van der Waals surface area contributed by atoms with Crippen molar-refractivity contribution in [1.82, 2.24) is 9.29 Å². The van der Waals surface area contributed by atoms with E-state index in [9.17, 15) is 12.8 Å². The van der Waals surface area contributed by atoms with Crippen molar-refractivity contribution in [3.63, 3.8) is 0 Å². The zero-order chi connectivity index (χ0) is 15.5. The fourth-order valence-corrected chi connectivity index (χ4v) is 3.09. The highest BCUT2D eigenvalue weighted by atomic mass is 32.2. The minimum Gasteiger partial charge on any atom is -0.326 e. The van der Waals surface area contributed by atoms with Crippen LogP contribution in [0.15, 0.2) is 47.6 Å². The van der Waals surface area contributed by atoms with Gasteiger partial charge in [0.1, 0.15) is 5.82 Å². The van der Waals surface area contributed by atoms with Crippen molar-refractivity contribution in [2.24, 2.45) is 5.73 Å². The average molecular weight is 309 g/mol. The highest BCUT2D eigenvalue weighted by molar-refractivity contribution is 7.89. The van der Waals surface area contributed by atoms with E-state index in [2.05, 4.69) is 4.98 Å². The number of sulfonamides is 1. The molecular formula is C14H16FN3O2S. The summed E-state index contributed by atoms with van der Waals surface area (Å²) in [6.07, 6.45) is 3.22. The first-order valence-electron chi connectivity index (χ1n) is 6.29. The molecule has 112 valence electrons. The smallest absolute Gasteiger partial charge is 0.243 e. The topological polar surface area (TPSA) is 76.3 Å². The van der Waals surface area contributed by atoms with E-state index in [-0.39, 0.29) is 23.5 Å². The first-order chi connectivity index (χ1) is 9.95. The molecule has 0 aliphatic heterocycles. The molecule has 0 atom stereocenters. The summed E-state index contributed by atoms with van der Waals surface area (Å²) < 4.78 is 39.5. The van der Waals surface area contributed by atoms with Crippen LogP contribution in [0.4, 0.5) is 4.39 Å². The van der Waals surface area contributed by atoms with Gasteiger partial charge in [-0.15, -0.1) is 0 Å². The molecule has 2 aromatic rings. The molecule has 2 rings (SSSR count). The first-order valence-corrected chi connectivity index (χ1v) is 7.73. The number of pyridine rings is 1. The van der Waals surface area contributed by atoms with Gasteiger partial charge < -0.3 is 5.73 Å². The molecule has 0 saturated carbocycles. The number of aromatic nitrogens is 1. The molecule has 0 fully saturated rings. The molecular weight excluding hydrogens is 293 g/mol. The van der Waals surface area contributed by atoms with E-state index in [4.69, 9.17) is 5.73 Å². The van der Waals surface area contributed by atoms with Gasteiger partial charge in [-0.25, -0.2) is 12.8 Å². The minimum absolute atomic E-state index is 0.0238. The zero-order valence-corrected chi connectivity index (χ0v) is 12.3. The highest BCUT2D eigenvalue weighted by Crippen LogP contribution is 2.19. The number of halogens is 1. The van der Waals surface area contributed by atoms with Gasteiger partial charge in [-0.1, -0.05) is 6.07 Å². The molecule has 0 aliphatic rings. The Labute approximate surface area is 123 Å². The third kappa shape index (κ3) is 3.44. The molecule has 5 nitrogen and oxygen atoms in total. The molecule has 1 aromatic carbocycles. The molecule has 21 heavy (non-hydrogen) atoms. The van der Waals surface area contributed by atoms with Crippen LogP contribution in [-0.2, 0) is 23.1 Å². The number of hydrogen-bond donors (Lipinski definition) is 1. The molecule has 0 aliphatic carbocycles. The van der Waals surface area contributed by atoms with E-state index in [0.29, 0.717) is 0 Å². The number of benzene rings is 1. The van der Waals surface area contributed by atoms with E-state index in [1.807, 2.05) is 0 Å². The second kappa shape index (κ2) is 6.30. The predicted octanol–water partition coefficient (Wildman–Crippen LogP) is 1.50. The first kappa shape index (κ1) is 15.6. The van der Waals surface area contributed by atoms with Crippen LogP contribution in [0, 0.1) is 5.82 Å². The Kier molecular flexibility index (Phi) is 4.66. The van der Waals surface area contributed by atoms with Crippen LogP contribution in [0.2, 0.25) is 0 Å². The molecule has 0 saturated heterocycles. The average Bonchev–Trinajstić information content (AvgIpc) is 2.48. The van der Waals surface area contributed by atoms with Crippen LogP contribution in [0.3, 0.4) is 0 Å². The van der Waals surface area contributed by atoms with Crippen molar-refractivity contribution in [2.75, 3.05) is 7.05 Å². The molecule has 1 heterocycles. The number of rotatable bonds is 5. The van der Waals surface area contributed by atoms with Crippen molar-refractivity contribution in [2.45, 2.75) is 18.0 Å². The Bertz CT molecular complexity index is 720. The van der Waals surface area contributed by atoms with Gasteiger partial charge in [0, 0.05) is 38.1 Å². The van der Waals surface area contributed by atoms with Crippen molar-refractivity contribution in [3.05, 3.63) is 59.7 Å². The Morgan fingerprint density at radius 1 is 1.33 bits per heavy atom. The van der Waals surface area contributed by atoms with Crippen LogP contribution in [0.1, 0.15) is 11.1 Å². The van der Waals surface area contributed by atoms with Gasteiger partial charge in [-0.2, -0.15) is 4.31 Å². The van der Waals surface area contributed by atoms with Gasteiger partial charge in [0.05, 0.1) is 4.90 Å². The molecule has 0 bridgehead atoms. The second-order valence-electron chi connectivity index (χ2n) is 4.58. The number of hydrogen-bond acceptors (Lipinski definition) is 4. The number of nitrogens with zero attached hydrogens (tertiary/aromatic N) is 2. The predicted molar refractivity (Wildman–Crippen MR) is 77.2 cm³/mol. The van der Waals surface area contributed by atoms with E-state index in [1.54, 1.807) is 24.5 Å². The van der Waals surface area contributed by atoms with E-state index < -0.39 is 15.8 Å². The SMILES string of the molecule is CN(Cc1cccnc1)S(=O)(=O)c1ccc(F)c(CN)c1. The fraction of sp³-hybridized carbons (Fsp3) is 0.214. The highest BCUT2D eigenvalue weighted by Gasteiger charge is 2.22. The third-order valence-electron chi connectivity index (χ3n) is 3.07. The van der Waals surface area contributed by atoms with Gasteiger partial charge in [-0.05, 0) is 29.8 Å². The monoisotopic (exact) mass is 309 g/mol. The summed E-state index contributed by atoms with van der Waals surface area (Å²) >= 11 is 0. The fourth-order valence-electron chi connectivity index (χ4n) is 1.88. The Balaban J connectivity index is 2.29. The summed E-state index contributed by atoms with van der Waals surface area (Å²) in [5.41, 5.74) is 6.35. The summed E-state index contributed by atoms with van der Waals surface area (Å²) in [7, 11) is -2.24. The maximum Gasteiger partial charge on any atom is 0.243 e. The number of nitrogens with two attached hydrogens (primary N) is 1. The lowest BCUT2D eigenvalue weighted by Gasteiger charge is -2.17. The largest absolute Gasteiger partial charge is 0.326 e. The van der Waals surface area contributed by atoms with E-state index in [0.717, 1.165) is 11.6 Å². The summed E-state index contributed by atoms with van der Waals surface area (Å²) in [6.45, 7) is 0.132. The molecule has 1 aromatic heterocycles. The third-order valence-corrected chi connectivity index (χ3v) is 4.87. The van der Waals surface area contributed by atoms with E-state index in [1.165, 1.54) is 23.5 Å². The van der Waals surface area contributed by atoms with Gasteiger partial charge in [0.25, 0.3) is 0 Å². The van der Waals surface area contributed by atoms with Crippen LogP contribution in [0.25, 0.3) is 0 Å². The van der Waals surface area contributed by atoms with Crippen LogP contribution in [-0.4, -0.2) is 24.8 Å². The molecule has 0 unspecified atom stereocenters. The second-order valence-corrected chi connectivity index (χ2v) is 6.62. The molecule has 2 N–H and O–H groups in total. The van der Waals surface area contributed by atoms with Crippen LogP contribution >= 0.6 is 0 Å². The van der Waals surface area contributed by atoms with Gasteiger partial charge in [0.2, 0.25) is 10.0 Å². The molecule has 0 spiro atoms. The van der Waals surface area contributed by atoms with Gasteiger partial charge >= 0.3 is 0 Å². The Hall–Kier alpha value is -1.83. The maximum atomic E-state index is 13.4. The van der Waals surface area contributed by atoms with E-state index >= 15 is 0 Å². The lowest BCUT2D eigenvalue weighted by atomic mass is 10.2. The minimum atomic E-state index is -3.70. The Morgan fingerprint density at radius 3 is 2.71 bits per heavy atom. The van der Waals surface area contributed by atoms with Crippen molar-refractivity contribution in [3.8, 4) is 0 Å². The Morgan fingerprint density at radius 2 is 2.10 bits per heavy atom. The molecule has 0 radical (unpaired) electrons. The lowest BCUT2D eigenvalue weighted by Crippen LogP contribution is -2.26. The van der Waals surface area contributed by atoms with Crippen molar-refractivity contribution < 1.29 is 12.8 Å². The quantitative estimate of drug-likeness (QED) is 0.908. The summed E-state index contributed by atoms with van der Waals surface area (Å²) in [6, 6.07) is 7.15. The maximum absolute atomic E-state index is 13.4. The van der Waals surface area contributed by atoms with Crippen molar-refractivity contribution >= 4 is 10.0 Å². The normalized spacial score (nSPS) is 11.8. The van der Waals surface area contributed by atoms with Crippen LogP contribution < -0.4 is 5.73 Å². The summed E-state index contributed by atoms with van der Waals surface area (Å²) in [5.74, 6) is -0.508. The summed E-state index contributed by atoms with van der Waals surface area (Å²) in [4.78, 5) is 3.97. The van der Waals surface area contributed by atoms with Crippen LogP contribution in [0.5, 0.6) is 0 Å².